The molecule has 2 aliphatic rings. The highest BCUT2D eigenvalue weighted by Gasteiger charge is 2.25. The SMILES string of the molecule is CC1(C)CSC(Nc2ccc(N3CCCC3)cc2)=N1. The molecule has 0 aromatic heterocycles. The highest BCUT2D eigenvalue weighted by molar-refractivity contribution is 8.14. The van der Waals surface area contributed by atoms with Gasteiger partial charge in [-0.25, -0.2) is 0 Å². The average molecular weight is 275 g/mol. The zero-order chi connectivity index (χ0) is 13.3. The van der Waals surface area contributed by atoms with Crippen molar-refractivity contribution in [2.45, 2.75) is 32.2 Å². The molecule has 2 aliphatic heterocycles. The number of rotatable bonds is 2. The van der Waals surface area contributed by atoms with Gasteiger partial charge in [0.2, 0.25) is 0 Å². The van der Waals surface area contributed by atoms with E-state index in [9.17, 15) is 0 Å². The van der Waals surface area contributed by atoms with Crippen LogP contribution in [0.2, 0.25) is 0 Å². The first-order valence-corrected chi connectivity index (χ1v) is 7.96. The highest BCUT2D eigenvalue weighted by atomic mass is 32.2. The van der Waals surface area contributed by atoms with E-state index in [1.165, 1.54) is 31.6 Å². The minimum absolute atomic E-state index is 0.0719. The van der Waals surface area contributed by atoms with E-state index in [2.05, 4.69) is 53.3 Å². The van der Waals surface area contributed by atoms with Crippen LogP contribution < -0.4 is 10.2 Å². The molecule has 0 spiro atoms. The number of aliphatic imine (C=N–C) groups is 1. The number of hydrogen-bond acceptors (Lipinski definition) is 4. The summed E-state index contributed by atoms with van der Waals surface area (Å²) in [4.78, 5) is 7.13. The van der Waals surface area contributed by atoms with E-state index in [1.54, 1.807) is 11.8 Å². The lowest BCUT2D eigenvalue weighted by atomic mass is 10.1. The fourth-order valence-corrected chi connectivity index (χ4v) is 3.56. The van der Waals surface area contributed by atoms with E-state index < -0.39 is 0 Å². The summed E-state index contributed by atoms with van der Waals surface area (Å²) < 4.78 is 0. The molecule has 3 rings (SSSR count). The summed E-state index contributed by atoms with van der Waals surface area (Å²) in [5, 5.41) is 4.45. The number of nitrogens with zero attached hydrogens (tertiary/aromatic N) is 2. The van der Waals surface area contributed by atoms with Gasteiger partial charge in [0.25, 0.3) is 0 Å². The fraction of sp³-hybridized carbons (Fsp3) is 0.533. The van der Waals surface area contributed by atoms with E-state index >= 15 is 0 Å². The van der Waals surface area contributed by atoms with Crippen LogP contribution in [0, 0.1) is 0 Å². The van der Waals surface area contributed by atoms with Crippen LogP contribution in [0.4, 0.5) is 11.4 Å². The third-order valence-corrected chi connectivity index (χ3v) is 4.87. The smallest absolute Gasteiger partial charge is 0.161 e. The van der Waals surface area contributed by atoms with E-state index in [0.717, 1.165) is 16.6 Å². The molecule has 1 aromatic rings. The zero-order valence-corrected chi connectivity index (χ0v) is 12.5. The molecule has 0 radical (unpaired) electrons. The molecule has 3 nitrogen and oxygen atoms in total. The van der Waals surface area contributed by atoms with Gasteiger partial charge >= 0.3 is 0 Å². The van der Waals surface area contributed by atoms with Crippen molar-refractivity contribution in [2.24, 2.45) is 4.99 Å². The Hall–Kier alpha value is -1.16. The molecule has 1 N–H and O–H groups in total. The van der Waals surface area contributed by atoms with E-state index in [4.69, 9.17) is 0 Å². The number of benzene rings is 1. The average Bonchev–Trinajstić information content (AvgIpc) is 3.00. The summed E-state index contributed by atoms with van der Waals surface area (Å²) >= 11 is 1.80. The van der Waals surface area contributed by atoms with Gasteiger partial charge in [0.15, 0.2) is 5.17 Å². The van der Waals surface area contributed by atoms with Gasteiger partial charge < -0.3 is 10.2 Å². The maximum Gasteiger partial charge on any atom is 0.161 e. The normalized spacial score (nSPS) is 21.6. The summed E-state index contributed by atoms with van der Waals surface area (Å²) in [5.74, 6) is 1.06. The van der Waals surface area contributed by atoms with Gasteiger partial charge in [-0.1, -0.05) is 11.8 Å². The predicted molar refractivity (Wildman–Crippen MR) is 85.5 cm³/mol. The van der Waals surface area contributed by atoms with Gasteiger partial charge in [-0.3, -0.25) is 4.99 Å². The monoisotopic (exact) mass is 275 g/mol. The number of hydrogen-bond donors (Lipinski definition) is 1. The molecule has 2 heterocycles. The number of anilines is 2. The quantitative estimate of drug-likeness (QED) is 0.894. The molecular weight excluding hydrogens is 254 g/mol. The van der Waals surface area contributed by atoms with Gasteiger partial charge in [-0.05, 0) is 51.0 Å². The third kappa shape index (κ3) is 3.06. The molecule has 0 unspecified atom stereocenters. The van der Waals surface area contributed by atoms with Gasteiger partial charge in [-0.15, -0.1) is 0 Å². The molecule has 1 saturated heterocycles. The maximum atomic E-state index is 4.67. The maximum absolute atomic E-state index is 4.67. The summed E-state index contributed by atoms with van der Waals surface area (Å²) in [6.07, 6.45) is 2.64. The Bertz CT molecular complexity index is 473. The fourth-order valence-electron chi connectivity index (χ4n) is 2.50. The van der Waals surface area contributed by atoms with Gasteiger partial charge in [-0.2, -0.15) is 0 Å². The van der Waals surface area contributed by atoms with Crippen LogP contribution in [-0.4, -0.2) is 29.5 Å². The van der Waals surface area contributed by atoms with E-state index in [1.807, 2.05) is 0 Å². The van der Waals surface area contributed by atoms with Crippen molar-refractivity contribution >= 4 is 28.3 Å². The van der Waals surface area contributed by atoms with Crippen LogP contribution in [0.1, 0.15) is 26.7 Å². The molecular formula is C15H21N3S. The molecule has 1 fully saturated rings. The van der Waals surface area contributed by atoms with Crippen molar-refractivity contribution in [3.8, 4) is 0 Å². The second kappa shape index (κ2) is 5.08. The van der Waals surface area contributed by atoms with Crippen LogP contribution in [0.25, 0.3) is 0 Å². The Morgan fingerprint density at radius 2 is 1.84 bits per heavy atom. The highest BCUT2D eigenvalue weighted by Crippen LogP contribution is 2.28. The van der Waals surface area contributed by atoms with E-state index in [-0.39, 0.29) is 5.54 Å². The van der Waals surface area contributed by atoms with Crippen molar-refractivity contribution in [3.05, 3.63) is 24.3 Å². The van der Waals surface area contributed by atoms with Crippen LogP contribution in [0.3, 0.4) is 0 Å². The molecule has 4 heteroatoms. The lowest BCUT2D eigenvalue weighted by molar-refractivity contribution is 0.605. The summed E-state index contributed by atoms with van der Waals surface area (Å²) in [5.41, 5.74) is 2.54. The molecule has 102 valence electrons. The van der Waals surface area contributed by atoms with Crippen LogP contribution in [0.5, 0.6) is 0 Å². The summed E-state index contributed by atoms with van der Waals surface area (Å²) in [7, 11) is 0. The Balaban J connectivity index is 1.66. The second-order valence-electron chi connectivity index (χ2n) is 5.88. The molecule has 1 aromatic carbocycles. The predicted octanol–water partition coefficient (Wildman–Crippen LogP) is 3.58. The molecule has 19 heavy (non-hydrogen) atoms. The first kappa shape index (κ1) is 12.9. The molecule has 0 atom stereocenters. The minimum atomic E-state index is 0.0719. The van der Waals surface area contributed by atoms with Crippen LogP contribution >= 0.6 is 11.8 Å². The lowest BCUT2D eigenvalue weighted by Crippen LogP contribution is -2.17. The topological polar surface area (TPSA) is 27.6 Å². The molecule has 0 saturated carbocycles. The van der Waals surface area contributed by atoms with Crippen LogP contribution in [0.15, 0.2) is 29.3 Å². The molecule has 0 bridgehead atoms. The third-order valence-electron chi connectivity index (χ3n) is 3.56. The van der Waals surface area contributed by atoms with Crippen molar-refractivity contribution in [1.82, 2.24) is 0 Å². The lowest BCUT2D eigenvalue weighted by Gasteiger charge is -2.17. The largest absolute Gasteiger partial charge is 0.372 e. The summed E-state index contributed by atoms with van der Waals surface area (Å²) in [6, 6.07) is 8.72. The van der Waals surface area contributed by atoms with Crippen molar-refractivity contribution in [2.75, 3.05) is 29.1 Å². The standard InChI is InChI=1S/C15H21N3S/c1-15(2)11-19-14(17-15)16-12-5-7-13(8-6-12)18-9-3-4-10-18/h5-8H,3-4,9-11H2,1-2H3,(H,16,17). The number of amidine groups is 1. The van der Waals surface area contributed by atoms with Crippen molar-refractivity contribution in [3.63, 3.8) is 0 Å². The Morgan fingerprint density at radius 1 is 1.16 bits per heavy atom. The van der Waals surface area contributed by atoms with Crippen molar-refractivity contribution in [1.29, 1.82) is 0 Å². The summed E-state index contributed by atoms with van der Waals surface area (Å²) in [6.45, 7) is 6.74. The second-order valence-corrected chi connectivity index (χ2v) is 6.85. The first-order chi connectivity index (χ1) is 9.12. The van der Waals surface area contributed by atoms with Gasteiger partial charge in [0.1, 0.15) is 0 Å². The zero-order valence-electron chi connectivity index (χ0n) is 11.6. The Labute approximate surface area is 119 Å². The number of thioether (sulfide) groups is 1. The number of nitrogens with one attached hydrogen (secondary N) is 1. The van der Waals surface area contributed by atoms with Gasteiger partial charge in [0, 0.05) is 30.2 Å². The van der Waals surface area contributed by atoms with Crippen LogP contribution in [-0.2, 0) is 0 Å². The first-order valence-electron chi connectivity index (χ1n) is 6.97. The molecule has 0 amide bonds. The van der Waals surface area contributed by atoms with E-state index in [0.29, 0.717) is 0 Å². The minimum Gasteiger partial charge on any atom is -0.372 e. The van der Waals surface area contributed by atoms with Gasteiger partial charge in [0.05, 0.1) is 5.54 Å². The van der Waals surface area contributed by atoms with Crippen molar-refractivity contribution < 1.29 is 0 Å². The Kier molecular flexibility index (Phi) is 3.44. The Morgan fingerprint density at radius 3 is 2.42 bits per heavy atom. The molecule has 0 aliphatic carbocycles.